The molecule has 1 aromatic heterocycles. The second-order valence-electron chi connectivity index (χ2n) is 6.08. The van der Waals surface area contributed by atoms with E-state index in [0.717, 1.165) is 36.3 Å². The highest BCUT2D eigenvalue weighted by Crippen LogP contribution is 2.44. The quantitative estimate of drug-likeness (QED) is 0.848. The molecule has 3 atom stereocenters. The molecule has 0 bridgehead atoms. The molecule has 21 heavy (non-hydrogen) atoms. The number of hydrogen-bond acceptors (Lipinski definition) is 4. The van der Waals surface area contributed by atoms with Crippen molar-refractivity contribution in [2.24, 2.45) is 13.0 Å². The zero-order valence-electron chi connectivity index (χ0n) is 13.5. The Kier molecular flexibility index (Phi) is 5.80. The van der Waals surface area contributed by atoms with Crippen LogP contribution < -0.4 is 5.32 Å². The van der Waals surface area contributed by atoms with Crippen LogP contribution in [0, 0.1) is 5.92 Å². The fourth-order valence-corrected chi connectivity index (χ4v) is 4.25. The maximum Gasteiger partial charge on any atom is 0.153 e. The van der Waals surface area contributed by atoms with Gasteiger partial charge in [-0.2, -0.15) is 0 Å². The van der Waals surface area contributed by atoms with E-state index in [0.29, 0.717) is 5.92 Å². The van der Waals surface area contributed by atoms with E-state index in [-0.39, 0.29) is 11.6 Å². The highest BCUT2D eigenvalue weighted by Gasteiger charge is 2.45. The molecule has 1 aliphatic carbocycles. The smallest absolute Gasteiger partial charge is 0.153 e. The van der Waals surface area contributed by atoms with E-state index >= 15 is 0 Å². The summed E-state index contributed by atoms with van der Waals surface area (Å²) in [7, 11) is 1.95. The minimum atomic E-state index is -0.166. The predicted octanol–water partition coefficient (Wildman–Crippen LogP) is 3.21. The van der Waals surface area contributed by atoms with Gasteiger partial charge in [-0.15, -0.1) is 5.10 Å². The number of halogens is 1. The zero-order chi connectivity index (χ0) is 15.5. The first-order chi connectivity index (χ1) is 10.0. The van der Waals surface area contributed by atoms with Crippen molar-refractivity contribution in [2.45, 2.75) is 58.1 Å². The average molecular weight is 359 g/mol. The first kappa shape index (κ1) is 16.9. The molecule has 0 aromatic carbocycles. The SMILES string of the molecule is CCNC(c1c(Br)nnn1C)C1(OCC)CCCC(C)C1. The first-order valence-corrected chi connectivity index (χ1v) is 8.75. The molecule has 1 N–H and O–H groups in total. The summed E-state index contributed by atoms with van der Waals surface area (Å²) in [5.74, 6) is 0.686. The second kappa shape index (κ2) is 7.20. The maximum absolute atomic E-state index is 6.34. The van der Waals surface area contributed by atoms with Gasteiger partial charge in [0, 0.05) is 13.7 Å². The van der Waals surface area contributed by atoms with Crippen LogP contribution in [-0.4, -0.2) is 33.7 Å². The lowest BCUT2D eigenvalue weighted by Crippen LogP contribution is -2.50. The normalized spacial score (nSPS) is 27.8. The average Bonchev–Trinajstić information content (AvgIpc) is 2.76. The van der Waals surface area contributed by atoms with Crippen molar-refractivity contribution in [3.05, 3.63) is 10.3 Å². The van der Waals surface area contributed by atoms with E-state index in [1.807, 2.05) is 11.7 Å². The highest BCUT2D eigenvalue weighted by molar-refractivity contribution is 9.10. The van der Waals surface area contributed by atoms with Crippen LogP contribution in [0.15, 0.2) is 4.60 Å². The number of aromatic nitrogens is 3. The Bertz CT molecular complexity index is 441. The Morgan fingerprint density at radius 3 is 2.81 bits per heavy atom. The minimum Gasteiger partial charge on any atom is -0.373 e. The van der Waals surface area contributed by atoms with Gasteiger partial charge in [0.05, 0.1) is 17.3 Å². The van der Waals surface area contributed by atoms with Crippen LogP contribution in [0.1, 0.15) is 58.2 Å². The van der Waals surface area contributed by atoms with Crippen molar-refractivity contribution in [2.75, 3.05) is 13.2 Å². The molecule has 2 rings (SSSR count). The van der Waals surface area contributed by atoms with Gasteiger partial charge in [0.25, 0.3) is 0 Å². The summed E-state index contributed by atoms with van der Waals surface area (Å²) in [6.45, 7) is 8.17. The third kappa shape index (κ3) is 3.48. The fraction of sp³-hybridized carbons (Fsp3) is 0.867. The topological polar surface area (TPSA) is 52.0 Å². The first-order valence-electron chi connectivity index (χ1n) is 7.96. The number of hydrogen-bond donors (Lipinski definition) is 1. The van der Waals surface area contributed by atoms with Gasteiger partial charge in [0.15, 0.2) is 4.60 Å². The van der Waals surface area contributed by atoms with E-state index in [2.05, 4.69) is 52.3 Å². The van der Waals surface area contributed by atoms with Crippen molar-refractivity contribution in [3.8, 4) is 0 Å². The van der Waals surface area contributed by atoms with Crippen LogP contribution in [0.5, 0.6) is 0 Å². The zero-order valence-corrected chi connectivity index (χ0v) is 15.1. The van der Waals surface area contributed by atoms with Crippen LogP contribution in [0.2, 0.25) is 0 Å². The summed E-state index contributed by atoms with van der Waals surface area (Å²) < 4.78 is 9.01. The molecular formula is C15H27BrN4O. The Balaban J connectivity index is 2.41. The van der Waals surface area contributed by atoms with Gasteiger partial charge >= 0.3 is 0 Å². The van der Waals surface area contributed by atoms with E-state index < -0.39 is 0 Å². The maximum atomic E-state index is 6.34. The molecule has 1 heterocycles. The molecule has 0 radical (unpaired) electrons. The van der Waals surface area contributed by atoms with Crippen molar-refractivity contribution >= 4 is 15.9 Å². The van der Waals surface area contributed by atoms with Crippen molar-refractivity contribution in [1.29, 1.82) is 0 Å². The van der Waals surface area contributed by atoms with Gasteiger partial charge in [-0.05, 0) is 48.2 Å². The number of aryl methyl sites for hydroxylation is 1. The number of nitrogens with zero attached hydrogens (tertiary/aromatic N) is 3. The third-order valence-corrected chi connectivity index (χ3v) is 5.02. The van der Waals surface area contributed by atoms with E-state index in [9.17, 15) is 0 Å². The van der Waals surface area contributed by atoms with Crippen LogP contribution in [0.4, 0.5) is 0 Å². The Morgan fingerprint density at radius 1 is 1.52 bits per heavy atom. The second-order valence-corrected chi connectivity index (χ2v) is 6.83. The number of likely N-dealkylation sites (N-methyl/N-ethyl adjacent to an activating group) is 1. The lowest BCUT2D eigenvalue weighted by molar-refractivity contribution is -0.103. The van der Waals surface area contributed by atoms with Gasteiger partial charge in [-0.1, -0.05) is 31.9 Å². The van der Waals surface area contributed by atoms with Crippen LogP contribution >= 0.6 is 15.9 Å². The van der Waals surface area contributed by atoms with Gasteiger partial charge < -0.3 is 10.1 Å². The molecule has 0 saturated heterocycles. The largest absolute Gasteiger partial charge is 0.373 e. The highest BCUT2D eigenvalue weighted by atomic mass is 79.9. The van der Waals surface area contributed by atoms with Gasteiger partial charge in [-0.25, -0.2) is 4.68 Å². The van der Waals surface area contributed by atoms with Crippen molar-refractivity contribution in [1.82, 2.24) is 20.3 Å². The van der Waals surface area contributed by atoms with Crippen molar-refractivity contribution in [3.63, 3.8) is 0 Å². The monoisotopic (exact) mass is 358 g/mol. The Hall–Kier alpha value is -0.460. The van der Waals surface area contributed by atoms with Gasteiger partial charge in [0.2, 0.25) is 0 Å². The van der Waals surface area contributed by atoms with E-state index in [1.165, 1.54) is 12.8 Å². The molecule has 5 nitrogen and oxygen atoms in total. The number of nitrogens with one attached hydrogen (secondary N) is 1. The summed E-state index contributed by atoms with van der Waals surface area (Å²) in [6.07, 6.45) is 4.67. The third-order valence-electron chi connectivity index (χ3n) is 4.46. The summed E-state index contributed by atoms with van der Waals surface area (Å²) in [5.41, 5.74) is 0.917. The molecule has 0 spiro atoms. The molecule has 1 aliphatic rings. The Labute approximate surface area is 135 Å². The molecule has 6 heteroatoms. The van der Waals surface area contributed by atoms with Crippen LogP contribution in [0.3, 0.4) is 0 Å². The number of ether oxygens (including phenoxy) is 1. The van der Waals surface area contributed by atoms with Gasteiger partial charge in [0.1, 0.15) is 0 Å². The summed E-state index contributed by atoms with van der Waals surface area (Å²) >= 11 is 3.55. The molecule has 0 aliphatic heterocycles. The Morgan fingerprint density at radius 2 is 2.29 bits per heavy atom. The molecule has 1 aromatic rings. The van der Waals surface area contributed by atoms with E-state index in [4.69, 9.17) is 4.74 Å². The van der Waals surface area contributed by atoms with Crippen LogP contribution in [0.25, 0.3) is 0 Å². The minimum absolute atomic E-state index is 0.111. The predicted molar refractivity (Wildman–Crippen MR) is 87.1 cm³/mol. The lowest BCUT2D eigenvalue weighted by atomic mass is 9.73. The standard InChI is InChI=1S/C15H27BrN4O/c1-5-17-13(12-14(16)18-19-20(12)4)15(21-6-2)9-7-8-11(3)10-15/h11,13,17H,5-10H2,1-4H3. The molecule has 3 unspecified atom stereocenters. The summed E-state index contributed by atoms with van der Waals surface area (Å²) in [4.78, 5) is 0. The number of rotatable bonds is 6. The summed E-state index contributed by atoms with van der Waals surface area (Å²) in [5, 5.41) is 11.9. The molecular weight excluding hydrogens is 332 g/mol. The molecule has 120 valence electrons. The summed E-state index contributed by atoms with van der Waals surface area (Å²) in [6, 6.07) is 0.111. The van der Waals surface area contributed by atoms with Crippen molar-refractivity contribution < 1.29 is 4.74 Å². The molecule has 1 saturated carbocycles. The molecule has 0 amide bonds. The lowest BCUT2D eigenvalue weighted by Gasteiger charge is -2.45. The van der Waals surface area contributed by atoms with Gasteiger partial charge in [-0.3, -0.25) is 0 Å². The van der Waals surface area contributed by atoms with E-state index in [1.54, 1.807) is 0 Å². The molecule has 1 fully saturated rings. The van der Waals surface area contributed by atoms with Crippen LogP contribution in [-0.2, 0) is 11.8 Å². The fourth-order valence-electron chi connectivity index (χ4n) is 3.69.